The van der Waals surface area contributed by atoms with Gasteiger partial charge < -0.3 is 5.32 Å². The molecule has 1 aromatic carbocycles. The second-order valence-electron chi connectivity index (χ2n) is 6.90. The van der Waals surface area contributed by atoms with E-state index >= 15 is 0 Å². The zero-order valence-corrected chi connectivity index (χ0v) is 18.2. The summed E-state index contributed by atoms with van der Waals surface area (Å²) >= 11 is 4.91. The van der Waals surface area contributed by atoms with Crippen LogP contribution in [0.25, 0.3) is 5.69 Å². The number of carbonyl (C=O) groups excluding carboxylic acids is 1. The van der Waals surface area contributed by atoms with Gasteiger partial charge in [0.25, 0.3) is 5.91 Å². The van der Waals surface area contributed by atoms with Gasteiger partial charge in [0.15, 0.2) is 10.9 Å². The molecule has 3 aromatic rings. The molecular weight excluding hydrogens is 452 g/mol. The predicted molar refractivity (Wildman–Crippen MR) is 115 cm³/mol. The highest BCUT2D eigenvalue weighted by atomic mass is 79.9. The van der Waals surface area contributed by atoms with Crippen LogP contribution in [0.15, 0.2) is 52.4 Å². The Morgan fingerprint density at radius 3 is 2.59 bits per heavy atom. The first-order chi connectivity index (χ1) is 14.2. The van der Waals surface area contributed by atoms with Gasteiger partial charge in [0.05, 0.1) is 11.4 Å². The number of amides is 1. The Morgan fingerprint density at radius 2 is 1.86 bits per heavy atom. The lowest BCUT2D eigenvalue weighted by atomic mass is 9.95. The van der Waals surface area contributed by atoms with Crippen molar-refractivity contribution in [2.45, 2.75) is 49.1 Å². The summed E-state index contributed by atoms with van der Waals surface area (Å²) in [5, 5.41) is 12.3. The molecular formula is C20H21BrN6OS. The molecule has 4 rings (SSSR count). The third-order valence-corrected chi connectivity index (χ3v) is 6.29. The Kier molecular flexibility index (Phi) is 6.56. The zero-order chi connectivity index (χ0) is 20.1. The number of thioether (sulfide) groups is 1. The predicted octanol–water partition coefficient (Wildman–Crippen LogP) is 4.17. The van der Waals surface area contributed by atoms with Crippen LogP contribution in [0, 0.1) is 0 Å². The first kappa shape index (κ1) is 20.0. The van der Waals surface area contributed by atoms with Crippen molar-refractivity contribution in [2.75, 3.05) is 0 Å². The van der Waals surface area contributed by atoms with E-state index in [1.54, 1.807) is 23.1 Å². The first-order valence-electron chi connectivity index (χ1n) is 9.62. The average molecular weight is 473 g/mol. The van der Waals surface area contributed by atoms with Crippen molar-refractivity contribution in [2.24, 2.45) is 0 Å². The van der Waals surface area contributed by atoms with E-state index in [9.17, 15) is 4.79 Å². The molecule has 0 spiro atoms. The summed E-state index contributed by atoms with van der Waals surface area (Å²) in [7, 11) is 0. The lowest BCUT2D eigenvalue weighted by molar-refractivity contribution is 0.0922. The third kappa shape index (κ3) is 5.02. The minimum absolute atomic E-state index is 0.162. The number of rotatable bonds is 6. The molecule has 1 fully saturated rings. The third-order valence-electron chi connectivity index (χ3n) is 4.87. The van der Waals surface area contributed by atoms with Crippen molar-refractivity contribution in [1.82, 2.24) is 30.3 Å². The Morgan fingerprint density at radius 1 is 1.14 bits per heavy atom. The highest BCUT2D eigenvalue weighted by Crippen LogP contribution is 2.24. The Bertz CT molecular complexity index is 957. The molecule has 2 heterocycles. The first-order valence-corrected chi connectivity index (χ1v) is 11.4. The van der Waals surface area contributed by atoms with Crippen LogP contribution in [-0.2, 0) is 5.75 Å². The summed E-state index contributed by atoms with van der Waals surface area (Å²) in [5.74, 6) is 0.324. The number of nitrogens with one attached hydrogen (secondary N) is 1. The second kappa shape index (κ2) is 9.49. The van der Waals surface area contributed by atoms with Crippen molar-refractivity contribution in [1.29, 1.82) is 0 Å². The number of benzene rings is 1. The minimum Gasteiger partial charge on any atom is -0.348 e. The van der Waals surface area contributed by atoms with Crippen LogP contribution < -0.4 is 5.32 Å². The van der Waals surface area contributed by atoms with Gasteiger partial charge in [-0.1, -0.05) is 52.2 Å². The van der Waals surface area contributed by atoms with E-state index in [0.29, 0.717) is 16.6 Å². The van der Waals surface area contributed by atoms with E-state index in [0.717, 1.165) is 41.5 Å². The molecule has 1 saturated carbocycles. The fourth-order valence-corrected chi connectivity index (χ4v) is 4.45. The second-order valence-corrected chi connectivity index (χ2v) is 8.76. The van der Waals surface area contributed by atoms with Gasteiger partial charge in [-0.3, -0.25) is 4.79 Å². The maximum Gasteiger partial charge on any atom is 0.274 e. The van der Waals surface area contributed by atoms with E-state index in [1.165, 1.54) is 18.2 Å². The summed E-state index contributed by atoms with van der Waals surface area (Å²) in [5.41, 5.74) is 1.95. The molecule has 0 atom stereocenters. The summed E-state index contributed by atoms with van der Waals surface area (Å²) < 4.78 is 2.70. The molecule has 150 valence electrons. The number of halogens is 1. The number of carbonyl (C=O) groups is 1. The molecule has 1 N–H and O–H groups in total. The molecule has 0 unspecified atom stereocenters. The van der Waals surface area contributed by atoms with Gasteiger partial charge in [0, 0.05) is 28.7 Å². The molecule has 9 heteroatoms. The highest BCUT2D eigenvalue weighted by molar-refractivity contribution is 9.10. The number of nitrogens with zero attached hydrogens (tertiary/aromatic N) is 5. The van der Waals surface area contributed by atoms with Gasteiger partial charge in [-0.05, 0) is 43.2 Å². The van der Waals surface area contributed by atoms with Crippen LogP contribution in [0.1, 0.15) is 48.3 Å². The number of aromatic nitrogens is 5. The van der Waals surface area contributed by atoms with E-state index in [2.05, 4.69) is 41.5 Å². The van der Waals surface area contributed by atoms with Gasteiger partial charge in [-0.2, -0.15) is 0 Å². The van der Waals surface area contributed by atoms with E-state index in [1.807, 2.05) is 24.3 Å². The molecule has 29 heavy (non-hydrogen) atoms. The van der Waals surface area contributed by atoms with Crippen LogP contribution >= 0.6 is 27.7 Å². The molecule has 0 saturated heterocycles. The van der Waals surface area contributed by atoms with Crippen LogP contribution in [0.3, 0.4) is 0 Å². The standard InChI is InChI=1S/C20H21BrN6OS/c21-14-7-9-16(10-8-14)27-17(13-29-20-22-11-4-12-23-20)18(25-26-27)19(28)24-15-5-2-1-3-6-15/h4,7-12,15H,1-3,5-6,13H2,(H,24,28). The van der Waals surface area contributed by atoms with Gasteiger partial charge in [0.1, 0.15) is 0 Å². The maximum absolute atomic E-state index is 13.0. The van der Waals surface area contributed by atoms with E-state index in [-0.39, 0.29) is 11.9 Å². The molecule has 7 nitrogen and oxygen atoms in total. The maximum atomic E-state index is 13.0. The molecule has 1 aliphatic rings. The summed E-state index contributed by atoms with van der Waals surface area (Å²) in [6.45, 7) is 0. The van der Waals surface area contributed by atoms with Crippen molar-refractivity contribution in [3.63, 3.8) is 0 Å². The molecule has 1 amide bonds. The number of hydrogen-bond acceptors (Lipinski definition) is 6. The van der Waals surface area contributed by atoms with Crippen LogP contribution in [0.5, 0.6) is 0 Å². The Hall–Kier alpha value is -2.26. The van der Waals surface area contributed by atoms with Crippen molar-refractivity contribution in [3.05, 3.63) is 58.6 Å². The minimum atomic E-state index is -0.162. The van der Waals surface area contributed by atoms with Crippen LogP contribution in [-0.4, -0.2) is 36.9 Å². The largest absolute Gasteiger partial charge is 0.348 e. The fourth-order valence-electron chi connectivity index (χ4n) is 3.39. The summed E-state index contributed by atoms with van der Waals surface area (Å²) in [4.78, 5) is 21.5. The monoisotopic (exact) mass is 472 g/mol. The lowest BCUT2D eigenvalue weighted by Crippen LogP contribution is -2.36. The van der Waals surface area contributed by atoms with Gasteiger partial charge >= 0.3 is 0 Å². The SMILES string of the molecule is O=C(NC1CCCCC1)c1nnn(-c2ccc(Br)cc2)c1CSc1ncccn1. The van der Waals surface area contributed by atoms with Gasteiger partial charge in [-0.25, -0.2) is 14.6 Å². The van der Waals surface area contributed by atoms with Crippen molar-refractivity contribution < 1.29 is 4.79 Å². The average Bonchev–Trinajstić information content (AvgIpc) is 3.18. The van der Waals surface area contributed by atoms with Crippen LogP contribution in [0.2, 0.25) is 0 Å². The summed E-state index contributed by atoms with van der Waals surface area (Å²) in [6.07, 6.45) is 9.01. The van der Waals surface area contributed by atoms with Crippen molar-refractivity contribution in [3.8, 4) is 5.69 Å². The quantitative estimate of drug-likeness (QED) is 0.427. The number of hydrogen-bond donors (Lipinski definition) is 1. The topological polar surface area (TPSA) is 85.6 Å². The summed E-state index contributed by atoms with van der Waals surface area (Å²) in [6, 6.07) is 9.75. The molecule has 0 aliphatic heterocycles. The highest BCUT2D eigenvalue weighted by Gasteiger charge is 2.24. The Labute approximate surface area is 181 Å². The molecule has 0 radical (unpaired) electrons. The van der Waals surface area contributed by atoms with E-state index in [4.69, 9.17) is 0 Å². The van der Waals surface area contributed by atoms with Gasteiger partial charge in [0.2, 0.25) is 0 Å². The smallest absolute Gasteiger partial charge is 0.274 e. The van der Waals surface area contributed by atoms with Crippen molar-refractivity contribution >= 4 is 33.6 Å². The van der Waals surface area contributed by atoms with E-state index < -0.39 is 0 Å². The van der Waals surface area contributed by atoms with Gasteiger partial charge in [-0.15, -0.1) is 5.10 Å². The molecule has 0 bridgehead atoms. The zero-order valence-electron chi connectivity index (χ0n) is 15.8. The lowest BCUT2D eigenvalue weighted by Gasteiger charge is -2.22. The molecule has 2 aromatic heterocycles. The normalized spacial score (nSPS) is 14.7. The fraction of sp³-hybridized carbons (Fsp3) is 0.350. The van der Waals surface area contributed by atoms with Crippen LogP contribution in [0.4, 0.5) is 0 Å². The molecule has 1 aliphatic carbocycles. The Balaban J connectivity index is 1.60.